The Hall–Kier alpha value is -2.22. The first kappa shape index (κ1) is 18.6. The molecule has 0 bridgehead atoms. The Morgan fingerprint density at radius 1 is 1.19 bits per heavy atom. The van der Waals surface area contributed by atoms with Crippen LogP contribution < -0.4 is 5.32 Å². The second kappa shape index (κ2) is 6.83. The lowest BCUT2D eigenvalue weighted by molar-refractivity contribution is -0.126. The lowest BCUT2D eigenvalue weighted by Gasteiger charge is -2.27. The molecule has 26 heavy (non-hydrogen) atoms. The number of benzene rings is 1. The van der Waals surface area contributed by atoms with Gasteiger partial charge in [0.2, 0.25) is 5.91 Å². The van der Waals surface area contributed by atoms with Gasteiger partial charge in [0, 0.05) is 6.04 Å². The predicted molar refractivity (Wildman–Crippen MR) is 95.4 cm³/mol. The highest BCUT2D eigenvalue weighted by atomic mass is 32.2. The molecule has 140 valence electrons. The van der Waals surface area contributed by atoms with Crippen LogP contribution in [0.15, 0.2) is 24.3 Å². The van der Waals surface area contributed by atoms with Crippen LogP contribution >= 0.6 is 0 Å². The number of carbonyl (C=O) groups excluding carboxylic acids is 3. The van der Waals surface area contributed by atoms with Crippen molar-refractivity contribution in [3.8, 4) is 0 Å². The summed E-state index contributed by atoms with van der Waals surface area (Å²) in [6, 6.07) is 5.07. The summed E-state index contributed by atoms with van der Waals surface area (Å²) in [7, 11) is -3.14. The summed E-state index contributed by atoms with van der Waals surface area (Å²) in [5, 5.41) is 2.72. The molecule has 3 rings (SSSR count). The number of rotatable bonds is 5. The lowest BCUT2D eigenvalue weighted by Crippen LogP contribution is -2.52. The van der Waals surface area contributed by atoms with Gasteiger partial charge in [-0.1, -0.05) is 26.0 Å². The average molecular weight is 378 g/mol. The van der Waals surface area contributed by atoms with E-state index in [4.69, 9.17) is 0 Å². The van der Waals surface area contributed by atoms with E-state index in [-0.39, 0.29) is 17.4 Å². The van der Waals surface area contributed by atoms with Crippen LogP contribution in [0.3, 0.4) is 0 Å². The molecule has 2 unspecified atom stereocenters. The second-order valence-corrected chi connectivity index (χ2v) is 9.51. The zero-order valence-corrected chi connectivity index (χ0v) is 15.6. The Bertz CT molecular complexity index is 827. The number of hydrogen-bond acceptors (Lipinski definition) is 5. The van der Waals surface area contributed by atoms with Gasteiger partial charge >= 0.3 is 0 Å². The third-order valence-electron chi connectivity index (χ3n) is 4.71. The molecule has 8 heteroatoms. The fourth-order valence-electron chi connectivity index (χ4n) is 3.47. The van der Waals surface area contributed by atoms with Gasteiger partial charge in [0.15, 0.2) is 9.84 Å². The quantitative estimate of drug-likeness (QED) is 0.771. The number of nitrogens with one attached hydrogen (secondary N) is 1. The normalized spacial score (nSPS) is 22.6. The molecule has 0 aliphatic carbocycles. The first-order valence-corrected chi connectivity index (χ1v) is 10.5. The molecular formula is C18H22N2O5S. The minimum absolute atomic E-state index is 0.0415. The van der Waals surface area contributed by atoms with Crippen molar-refractivity contribution in [2.24, 2.45) is 5.92 Å². The Labute approximate surface area is 152 Å². The summed E-state index contributed by atoms with van der Waals surface area (Å²) < 4.78 is 23.2. The van der Waals surface area contributed by atoms with Crippen molar-refractivity contribution in [3.63, 3.8) is 0 Å². The largest absolute Gasteiger partial charge is 0.351 e. The molecule has 7 nitrogen and oxygen atoms in total. The Morgan fingerprint density at radius 2 is 1.77 bits per heavy atom. The molecule has 0 spiro atoms. The van der Waals surface area contributed by atoms with Gasteiger partial charge in [-0.15, -0.1) is 0 Å². The van der Waals surface area contributed by atoms with Crippen molar-refractivity contribution >= 4 is 27.6 Å². The fourth-order valence-corrected chi connectivity index (χ4v) is 5.15. The van der Waals surface area contributed by atoms with Gasteiger partial charge in [0.05, 0.1) is 22.6 Å². The summed E-state index contributed by atoms with van der Waals surface area (Å²) in [6.07, 6.45) is 0.668. The third kappa shape index (κ3) is 3.51. The highest BCUT2D eigenvalue weighted by Crippen LogP contribution is 2.27. The molecule has 0 radical (unpaired) electrons. The lowest BCUT2D eigenvalue weighted by atomic mass is 10.0. The Morgan fingerprint density at radius 3 is 2.23 bits per heavy atom. The van der Waals surface area contributed by atoms with E-state index in [1.807, 2.05) is 13.8 Å². The summed E-state index contributed by atoms with van der Waals surface area (Å²) in [5.41, 5.74) is 0.588. The highest BCUT2D eigenvalue weighted by molar-refractivity contribution is 7.91. The standard InChI is InChI=1S/C18H22N2O5S/c1-11(2)9-15(16(21)19-12-7-8-26(24,25)10-12)20-17(22)13-5-3-4-6-14(13)18(20)23/h3-6,11-12,15H,7-10H2,1-2H3,(H,19,21). The average Bonchev–Trinajstić information content (AvgIpc) is 3.03. The van der Waals surface area contributed by atoms with E-state index < -0.39 is 39.6 Å². The maximum Gasteiger partial charge on any atom is 0.262 e. The number of sulfone groups is 1. The molecule has 1 aromatic carbocycles. The molecule has 2 aliphatic rings. The number of hydrogen-bond donors (Lipinski definition) is 1. The van der Waals surface area contributed by atoms with Crippen LogP contribution in [0.25, 0.3) is 0 Å². The van der Waals surface area contributed by atoms with Gasteiger partial charge in [0.25, 0.3) is 11.8 Å². The van der Waals surface area contributed by atoms with Gasteiger partial charge in [-0.25, -0.2) is 8.42 Å². The maximum absolute atomic E-state index is 12.8. The van der Waals surface area contributed by atoms with E-state index in [0.717, 1.165) is 4.90 Å². The molecule has 1 saturated heterocycles. The molecule has 0 saturated carbocycles. The van der Waals surface area contributed by atoms with E-state index in [1.165, 1.54) is 0 Å². The molecule has 2 heterocycles. The summed E-state index contributed by atoms with van der Waals surface area (Å²) in [6.45, 7) is 3.80. The molecule has 1 N–H and O–H groups in total. The topological polar surface area (TPSA) is 101 Å². The van der Waals surface area contributed by atoms with Crippen molar-refractivity contribution in [2.75, 3.05) is 11.5 Å². The van der Waals surface area contributed by atoms with Crippen LogP contribution in [0.5, 0.6) is 0 Å². The van der Waals surface area contributed by atoms with Crippen molar-refractivity contribution in [1.29, 1.82) is 0 Å². The molecule has 3 amide bonds. The van der Waals surface area contributed by atoms with Gasteiger partial charge in [0.1, 0.15) is 6.04 Å². The van der Waals surface area contributed by atoms with Gasteiger partial charge in [-0.3, -0.25) is 19.3 Å². The van der Waals surface area contributed by atoms with Crippen LogP contribution in [-0.2, 0) is 14.6 Å². The van der Waals surface area contributed by atoms with Crippen molar-refractivity contribution < 1.29 is 22.8 Å². The number of amides is 3. The van der Waals surface area contributed by atoms with Gasteiger partial charge < -0.3 is 5.32 Å². The third-order valence-corrected chi connectivity index (χ3v) is 6.48. The summed E-state index contributed by atoms with van der Waals surface area (Å²) in [4.78, 5) is 39.2. The molecule has 1 fully saturated rings. The Kier molecular flexibility index (Phi) is 4.88. The molecule has 1 aromatic rings. The van der Waals surface area contributed by atoms with E-state index in [9.17, 15) is 22.8 Å². The van der Waals surface area contributed by atoms with Crippen LogP contribution in [0, 0.1) is 5.92 Å². The number of fused-ring (bicyclic) bond motifs is 1. The van der Waals surface area contributed by atoms with E-state index in [1.54, 1.807) is 24.3 Å². The van der Waals surface area contributed by atoms with Crippen LogP contribution in [0.1, 0.15) is 47.4 Å². The second-order valence-electron chi connectivity index (χ2n) is 7.28. The zero-order valence-electron chi connectivity index (χ0n) is 14.8. The molecule has 2 aliphatic heterocycles. The predicted octanol–water partition coefficient (Wildman–Crippen LogP) is 1.00. The summed E-state index contributed by atoms with van der Waals surface area (Å²) >= 11 is 0. The first-order chi connectivity index (χ1) is 12.2. The van der Waals surface area contributed by atoms with E-state index in [2.05, 4.69) is 5.32 Å². The summed E-state index contributed by atoms with van der Waals surface area (Å²) in [5.74, 6) is -1.43. The van der Waals surface area contributed by atoms with Gasteiger partial charge in [-0.2, -0.15) is 0 Å². The number of nitrogens with zero attached hydrogens (tertiary/aromatic N) is 1. The highest BCUT2D eigenvalue weighted by Gasteiger charge is 2.43. The van der Waals surface area contributed by atoms with Crippen molar-refractivity contribution in [2.45, 2.75) is 38.8 Å². The SMILES string of the molecule is CC(C)CC(C(=O)NC1CCS(=O)(=O)C1)N1C(=O)c2ccccc2C1=O. The molecular weight excluding hydrogens is 356 g/mol. The fraction of sp³-hybridized carbons (Fsp3) is 0.500. The molecule has 0 aromatic heterocycles. The minimum atomic E-state index is -3.14. The Balaban J connectivity index is 1.84. The van der Waals surface area contributed by atoms with E-state index in [0.29, 0.717) is 24.0 Å². The van der Waals surface area contributed by atoms with Crippen LogP contribution in [0.2, 0.25) is 0 Å². The molecule has 2 atom stereocenters. The van der Waals surface area contributed by atoms with Crippen LogP contribution in [-0.4, -0.2) is 54.6 Å². The smallest absolute Gasteiger partial charge is 0.262 e. The minimum Gasteiger partial charge on any atom is -0.351 e. The maximum atomic E-state index is 12.8. The first-order valence-electron chi connectivity index (χ1n) is 8.67. The van der Waals surface area contributed by atoms with Gasteiger partial charge in [-0.05, 0) is 30.9 Å². The number of carbonyl (C=O) groups is 3. The zero-order chi connectivity index (χ0) is 19.1. The van der Waals surface area contributed by atoms with E-state index >= 15 is 0 Å². The monoisotopic (exact) mass is 378 g/mol. The van der Waals surface area contributed by atoms with Crippen LogP contribution in [0.4, 0.5) is 0 Å². The van der Waals surface area contributed by atoms with Crippen molar-refractivity contribution in [1.82, 2.24) is 10.2 Å². The van der Waals surface area contributed by atoms with Crippen molar-refractivity contribution in [3.05, 3.63) is 35.4 Å². The number of imide groups is 1.